The maximum absolute atomic E-state index is 13.2. The van der Waals surface area contributed by atoms with E-state index in [2.05, 4.69) is 24.1 Å². The van der Waals surface area contributed by atoms with Crippen molar-refractivity contribution in [2.45, 2.75) is 26.3 Å². The van der Waals surface area contributed by atoms with E-state index in [1.807, 2.05) is 41.2 Å². The van der Waals surface area contributed by atoms with Crippen LogP contribution in [0.4, 0.5) is 10.2 Å². The van der Waals surface area contributed by atoms with Crippen LogP contribution in [0.1, 0.15) is 31.0 Å². The highest BCUT2D eigenvalue weighted by molar-refractivity contribution is 5.38. The molecular weight excluding hydrogens is 291 g/mol. The molecule has 1 aromatic carbocycles. The Balaban J connectivity index is 1.84. The Morgan fingerprint density at radius 2 is 1.87 bits per heavy atom. The largest absolute Gasteiger partial charge is 0.366 e. The van der Waals surface area contributed by atoms with Crippen LogP contribution in [0.3, 0.4) is 0 Å². The standard InChI is InChI=1S/C18H19FN4/c1-13(2)18-14(11-20-17-10-6-9-16(19)21-17)12-23(22-18)15-7-4-3-5-8-15/h3-10,12-13H,11H2,1-2H3,(H,20,21). The van der Waals surface area contributed by atoms with Crippen molar-refractivity contribution in [3.63, 3.8) is 0 Å². The topological polar surface area (TPSA) is 42.7 Å². The SMILES string of the molecule is CC(C)c1nn(-c2ccccc2)cc1CNc1cccc(F)n1. The van der Waals surface area contributed by atoms with Crippen LogP contribution in [0.2, 0.25) is 0 Å². The van der Waals surface area contributed by atoms with Crippen LogP contribution >= 0.6 is 0 Å². The summed E-state index contributed by atoms with van der Waals surface area (Å²) in [5.41, 5.74) is 3.12. The summed E-state index contributed by atoms with van der Waals surface area (Å²) in [7, 11) is 0. The molecule has 0 aliphatic heterocycles. The van der Waals surface area contributed by atoms with E-state index in [0.29, 0.717) is 18.3 Å². The van der Waals surface area contributed by atoms with E-state index in [1.54, 1.807) is 12.1 Å². The van der Waals surface area contributed by atoms with Crippen molar-refractivity contribution in [1.82, 2.24) is 14.8 Å². The highest BCUT2D eigenvalue weighted by atomic mass is 19.1. The Labute approximate surface area is 135 Å². The van der Waals surface area contributed by atoms with Crippen molar-refractivity contribution >= 4 is 5.82 Å². The number of aromatic nitrogens is 3. The van der Waals surface area contributed by atoms with Crippen LogP contribution in [0.15, 0.2) is 54.7 Å². The van der Waals surface area contributed by atoms with Crippen molar-refractivity contribution in [2.75, 3.05) is 5.32 Å². The number of halogens is 1. The minimum atomic E-state index is -0.487. The van der Waals surface area contributed by atoms with Gasteiger partial charge in [0.15, 0.2) is 0 Å². The van der Waals surface area contributed by atoms with Crippen molar-refractivity contribution in [3.05, 3.63) is 71.9 Å². The summed E-state index contributed by atoms with van der Waals surface area (Å²) in [4.78, 5) is 3.82. The summed E-state index contributed by atoms with van der Waals surface area (Å²) < 4.78 is 15.0. The maximum atomic E-state index is 13.2. The molecule has 3 rings (SSSR count). The number of para-hydroxylation sites is 1. The van der Waals surface area contributed by atoms with Crippen molar-refractivity contribution < 1.29 is 4.39 Å². The fourth-order valence-electron chi connectivity index (χ4n) is 2.45. The van der Waals surface area contributed by atoms with E-state index >= 15 is 0 Å². The fourth-order valence-corrected chi connectivity index (χ4v) is 2.45. The second kappa shape index (κ2) is 6.60. The first-order valence-electron chi connectivity index (χ1n) is 7.64. The average molecular weight is 310 g/mol. The Kier molecular flexibility index (Phi) is 4.37. The lowest BCUT2D eigenvalue weighted by atomic mass is 10.1. The Hall–Kier alpha value is -2.69. The monoisotopic (exact) mass is 310 g/mol. The first kappa shape index (κ1) is 15.2. The van der Waals surface area contributed by atoms with Crippen LogP contribution in [0.5, 0.6) is 0 Å². The minimum absolute atomic E-state index is 0.303. The summed E-state index contributed by atoms with van der Waals surface area (Å²) in [6.45, 7) is 4.78. The van der Waals surface area contributed by atoms with Crippen molar-refractivity contribution in [2.24, 2.45) is 0 Å². The third-order valence-electron chi connectivity index (χ3n) is 3.57. The highest BCUT2D eigenvalue weighted by Gasteiger charge is 2.13. The molecule has 0 saturated heterocycles. The molecule has 1 N–H and O–H groups in total. The number of pyridine rings is 1. The van der Waals surface area contributed by atoms with Gasteiger partial charge in [-0.2, -0.15) is 9.49 Å². The molecule has 23 heavy (non-hydrogen) atoms. The molecule has 0 atom stereocenters. The number of hydrogen-bond donors (Lipinski definition) is 1. The molecule has 0 aliphatic rings. The van der Waals surface area contributed by atoms with Gasteiger partial charge < -0.3 is 5.32 Å². The Morgan fingerprint density at radius 3 is 2.57 bits per heavy atom. The normalized spacial score (nSPS) is 11.0. The molecule has 0 amide bonds. The van der Waals surface area contributed by atoms with Crippen LogP contribution in [0.25, 0.3) is 5.69 Å². The average Bonchev–Trinajstić information content (AvgIpc) is 2.98. The second-order valence-corrected chi connectivity index (χ2v) is 5.67. The molecule has 2 heterocycles. The van der Waals surface area contributed by atoms with Gasteiger partial charge in [0, 0.05) is 18.3 Å². The molecule has 2 aromatic heterocycles. The fraction of sp³-hybridized carbons (Fsp3) is 0.222. The second-order valence-electron chi connectivity index (χ2n) is 5.67. The van der Waals surface area contributed by atoms with Gasteiger partial charge in [0.05, 0.1) is 11.4 Å². The number of nitrogens with one attached hydrogen (secondary N) is 1. The molecule has 3 aromatic rings. The first-order valence-corrected chi connectivity index (χ1v) is 7.64. The predicted molar refractivity (Wildman–Crippen MR) is 89.2 cm³/mol. The van der Waals surface area contributed by atoms with Gasteiger partial charge in [-0.15, -0.1) is 0 Å². The molecule has 0 fully saturated rings. The quantitative estimate of drug-likeness (QED) is 0.720. The van der Waals surface area contributed by atoms with E-state index in [4.69, 9.17) is 5.10 Å². The van der Waals surface area contributed by atoms with E-state index in [-0.39, 0.29) is 0 Å². The highest BCUT2D eigenvalue weighted by Crippen LogP contribution is 2.21. The van der Waals surface area contributed by atoms with E-state index in [9.17, 15) is 4.39 Å². The molecule has 4 nitrogen and oxygen atoms in total. The molecule has 0 unspecified atom stereocenters. The lowest BCUT2D eigenvalue weighted by Crippen LogP contribution is -2.04. The van der Waals surface area contributed by atoms with Gasteiger partial charge in [0.25, 0.3) is 0 Å². The third kappa shape index (κ3) is 3.56. The lowest BCUT2D eigenvalue weighted by molar-refractivity contribution is 0.585. The first-order chi connectivity index (χ1) is 11.1. The maximum Gasteiger partial charge on any atom is 0.214 e. The number of benzene rings is 1. The van der Waals surface area contributed by atoms with Gasteiger partial charge in [-0.25, -0.2) is 9.67 Å². The minimum Gasteiger partial charge on any atom is -0.366 e. The van der Waals surface area contributed by atoms with Crippen LogP contribution in [-0.4, -0.2) is 14.8 Å². The molecule has 0 spiro atoms. The lowest BCUT2D eigenvalue weighted by Gasteiger charge is -2.07. The summed E-state index contributed by atoms with van der Waals surface area (Å²) >= 11 is 0. The molecule has 0 aliphatic carbocycles. The summed E-state index contributed by atoms with van der Waals surface area (Å²) in [6, 6.07) is 14.7. The molecular formula is C18H19FN4. The van der Waals surface area contributed by atoms with Gasteiger partial charge >= 0.3 is 0 Å². The number of anilines is 1. The molecule has 0 radical (unpaired) electrons. The zero-order valence-corrected chi connectivity index (χ0v) is 13.2. The van der Waals surface area contributed by atoms with Gasteiger partial charge in [-0.05, 0) is 30.2 Å². The number of nitrogens with zero attached hydrogens (tertiary/aromatic N) is 3. The van der Waals surface area contributed by atoms with Crippen LogP contribution < -0.4 is 5.32 Å². The van der Waals surface area contributed by atoms with E-state index < -0.39 is 5.95 Å². The smallest absolute Gasteiger partial charge is 0.214 e. The van der Waals surface area contributed by atoms with Gasteiger partial charge in [-0.3, -0.25) is 0 Å². The van der Waals surface area contributed by atoms with Gasteiger partial charge in [0.1, 0.15) is 5.82 Å². The molecule has 118 valence electrons. The molecule has 0 bridgehead atoms. The predicted octanol–water partition coefficient (Wildman–Crippen LogP) is 4.14. The number of hydrogen-bond acceptors (Lipinski definition) is 3. The Bertz CT molecular complexity index is 781. The van der Waals surface area contributed by atoms with Gasteiger partial charge in [0.2, 0.25) is 5.95 Å². The summed E-state index contributed by atoms with van der Waals surface area (Å²) in [5.74, 6) is 0.337. The summed E-state index contributed by atoms with van der Waals surface area (Å²) in [6.07, 6.45) is 2.01. The van der Waals surface area contributed by atoms with Crippen molar-refractivity contribution in [3.8, 4) is 5.69 Å². The van der Waals surface area contributed by atoms with E-state index in [1.165, 1.54) is 6.07 Å². The van der Waals surface area contributed by atoms with Crippen LogP contribution in [0, 0.1) is 5.95 Å². The zero-order valence-electron chi connectivity index (χ0n) is 13.2. The number of rotatable bonds is 5. The molecule has 0 saturated carbocycles. The third-order valence-corrected chi connectivity index (χ3v) is 3.57. The van der Waals surface area contributed by atoms with Gasteiger partial charge in [-0.1, -0.05) is 38.1 Å². The van der Waals surface area contributed by atoms with E-state index in [0.717, 1.165) is 16.9 Å². The molecule has 5 heteroatoms. The summed E-state index contributed by atoms with van der Waals surface area (Å²) in [5, 5.41) is 7.85. The van der Waals surface area contributed by atoms with Crippen molar-refractivity contribution in [1.29, 1.82) is 0 Å². The van der Waals surface area contributed by atoms with Crippen LogP contribution in [-0.2, 0) is 6.54 Å². The zero-order chi connectivity index (χ0) is 16.2. The Morgan fingerprint density at radius 1 is 1.09 bits per heavy atom.